The largest absolute Gasteiger partial charge is 0.353 e. The van der Waals surface area contributed by atoms with Gasteiger partial charge < -0.3 is 15.5 Å². The highest BCUT2D eigenvalue weighted by atomic mass is 16.2. The van der Waals surface area contributed by atoms with Crippen molar-refractivity contribution in [2.75, 3.05) is 20.1 Å². The van der Waals surface area contributed by atoms with Gasteiger partial charge in [-0.3, -0.25) is 15.1 Å². The molecule has 3 unspecified atom stereocenters. The maximum absolute atomic E-state index is 12.2. The number of hydrogen-bond donors (Lipinski definition) is 3. The van der Waals surface area contributed by atoms with E-state index in [1.165, 1.54) is 38.5 Å². The Morgan fingerprint density at radius 2 is 1.85 bits per heavy atom. The van der Waals surface area contributed by atoms with E-state index >= 15 is 0 Å². The normalized spacial score (nSPS) is 35.8. The summed E-state index contributed by atoms with van der Waals surface area (Å²) < 4.78 is 0. The van der Waals surface area contributed by atoms with Gasteiger partial charge in [-0.1, -0.05) is 32.1 Å². The molecule has 4 rings (SSSR count). The molecule has 27 heavy (non-hydrogen) atoms. The molecule has 3 N–H and O–H groups in total. The smallest absolute Gasteiger partial charge is 0.322 e. The monoisotopic (exact) mass is 375 g/mol. The van der Waals surface area contributed by atoms with Gasteiger partial charge in [0.05, 0.1) is 0 Å². The first kappa shape index (κ1) is 18.6. The first-order valence-corrected chi connectivity index (χ1v) is 10.6. The van der Waals surface area contributed by atoms with Gasteiger partial charge in [-0.05, 0) is 43.9 Å². The summed E-state index contributed by atoms with van der Waals surface area (Å²) in [6.07, 6.45) is 10.1. The molecule has 4 aliphatic rings. The Balaban J connectivity index is 1.28. The third-order valence-corrected chi connectivity index (χ3v) is 7.30. The van der Waals surface area contributed by atoms with Crippen LogP contribution in [-0.4, -0.2) is 54.5 Å². The fourth-order valence-electron chi connectivity index (χ4n) is 5.44. The zero-order valence-electron chi connectivity index (χ0n) is 16.6. The van der Waals surface area contributed by atoms with E-state index in [0.29, 0.717) is 6.04 Å². The van der Waals surface area contributed by atoms with Crippen LogP contribution in [0, 0.1) is 17.8 Å². The highest BCUT2D eigenvalue weighted by molar-refractivity contribution is 6.07. The topological polar surface area (TPSA) is 85.8 Å². The van der Waals surface area contributed by atoms with E-state index in [2.05, 4.69) is 25.8 Å². The number of likely N-dealkylation sites (tertiary alicyclic amines) is 1. The van der Waals surface area contributed by atoms with E-state index in [-0.39, 0.29) is 17.9 Å². The molecule has 2 aliphatic carbocycles. The molecule has 2 aliphatic heterocycles. The lowest BCUT2D eigenvalue weighted by atomic mass is 9.79. The van der Waals surface area contributed by atoms with Crippen LogP contribution in [0.25, 0.3) is 0 Å². The SMILES string of the molecule is CN=C(NC1CC1C1CCCCC1)N1CCC(C2(C)NC(=O)NC2=O)CC1. The number of aliphatic imine (C=N–C) groups is 1. The Kier molecular flexibility index (Phi) is 5.03. The number of urea groups is 1. The van der Waals surface area contributed by atoms with Crippen LogP contribution in [0.1, 0.15) is 58.3 Å². The molecule has 4 fully saturated rings. The second-order valence-corrected chi connectivity index (χ2v) is 8.97. The summed E-state index contributed by atoms with van der Waals surface area (Å²) in [5.74, 6) is 2.71. The predicted octanol–water partition coefficient (Wildman–Crippen LogP) is 1.84. The summed E-state index contributed by atoms with van der Waals surface area (Å²) >= 11 is 0. The van der Waals surface area contributed by atoms with Crippen molar-refractivity contribution in [1.29, 1.82) is 0 Å². The molecule has 7 heteroatoms. The standard InChI is InChI=1S/C20H33N5O2/c1-20(17(26)23-19(27)24-20)14-8-10-25(11-9-14)18(21-2)22-16-12-15(16)13-6-4-3-5-7-13/h13-16H,3-12H2,1-2H3,(H,21,22)(H2,23,24,26,27). The Labute approximate surface area is 161 Å². The van der Waals surface area contributed by atoms with Gasteiger partial charge in [0.1, 0.15) is 5.54 Å². The summed E-state index contributed by atoms with van der Waals surface area (Å²) in [6, 6.07) is 0.215. The molecule has 0 aromatic carbocycles. The lowest BCUT2D eigenvalue weighted by Gasteiger charge is -2.39. The first-order chi connectivity index (χ1) is 13.0. The van der Waals surface area contributed by atoms with Crippen LogP contribution in [0.5, 0.6) is 0 Å². The summed E-state index contributed by atoms with van der Waals surface area (Å²) in [4.78, 5) is 30.5. The number of rotatable bonds is 3. The summed E-state index contributed by atoms with van der Waals surface area (Å²) in [7, 11) is 1.86. The van der Waals surface area contributed by atoms with Gasteiger partial charge in [0, 0.05) is 26.2 Å². The molecule has 2 heterocycles. The van der Waals surface area contributed by atoms with Crippen molar-refractivity contribution in [2.24, 2.45) is 22.7 Å². The van der Waals surface area contributed by atoms with Crippen molar-refractivity contribution >= 4 is 17.9 Å². The minimum absolute atomic E-state index is 0.161. The molecular weight excluding hydrogens is 342 g/mol. The number of guanidine groups is 1. The minimum atomic E-state index is -0.775. The van der Waals surface area contributed by atoms with Gasteiger partial charge in [0.15, 0.2) is 5.96 Å². The fraction of sp³-hybridized carbons (Fsp3) is 0.850. The van der Waals surface area contributed by atoms with E-state index < -0.39 is 5.54 Å². The summed E-state index contributed by atoms with van der Waals surface area (Å²) in [5.41, 5.74) is -0.775. The minimum Gasteiger partial charge on any atom is -0.353 e. The zero-order valence-corrected chi connectivity index (χ0v) is 16.6. The van der Waals surface area contributed by atoms with Gasteiger partial charge in [-0.2, -0.15) is 0 Å². The van der Waals surface area contributed by atoms with E-state index in [1.807, 2.05) is 14.0 Å². The van der Waals surface area contributed by atoms with Gasteiger partial charge in [-0.25, -0.2) is 4.79 Å². The quantitative estimate of drug-likeness (QED) is 0.399. The van der Waals surface area contributed by atoms with Crippen LogP contribution >= 0.6 is 0 Å². The van der Waals surface area contributed by atoms with Crippen LogP contribution in [0.15, 0.2) is 4.99 Å². The molecule has 7 nitrogen and oxygen atoms in total. The molecule has 150 valence electrons. The number of hydrogen-bond acceptors (Lipinski definition) is 3. The highest BCUT2D eigenvalue weighted by Crippen LogP contribution is 2.44. The first-order valence-electron chi connectivity index (χ1n) is 10.6. The van der Waals surface area contributed by atoms with Gasteiger partial charge in [0.25, 0.3) is 5.91 Å². The molecule has 2 saturated heterocycles. The Morgan fingerprint density at radius 1 is 1.15 bits per heavy atom. The van der Waals surface area contributed by atoms with Crippen molar-refractivity contribution in [2.45, 2.75) is 69.9 Å². The molecular formula is C20H33N5O2. The highest BCUT2D eigenvalue weighted by Gasteiger charge is 2.49. The van der Waals surface area contributed by atoms with Gasteiger partial charge >= 0.3 is 6.03 Å². The number of imide groups is 1. The van der Waals surface area contributed by atoms with Crippen molar-refractivity contribution in [3.63, 3.8) is 0 Å². The Morgan fingerprint density at radius 3 is 2.44 bits per heavy atom. The maximum Gasteiger partial charge on any atom is 0.322 e. The van der Waals surface area contributed by atoms with Crippen molar-refractivity contribution in [3.05, 3.63) is 0 Å². The average molecular weight is 376 g/mol. The second kappa shape index (κ2) is 7.32. The Hall–Kier alpha value is -1.79. The molecule has 0 spiro atoms. The van der Waals surface area contributed by atoms with Crippen LogP contribution in [0.4, 0.5) is 4.79 Å². The van der Waals surface area contributed by atoms with E-state index in [4.69, 9.17) is 0 Å². The van der Waals surface area contributed by atoms with Crippen molar-refractivity contribution < 1.29 is 9.59 Å². The number of amides is 3. The van der Waals surface area contributed by atoms with E-state index in [0.717, 1.165) is 43.7 Å². The van der Waals surface area contributed by atoms with Gasteiger partial charge in [0.2, 0.25) is 0 Å². The Bertz CT molecular complexity index is 622. The number of carbonyl (C=O) groups excluding carboxylic acids is 2. The van der Waals surface area contributed by atoms with E-state index in [1.54, 1.807) is 0 Å². The molecule has 2 saturated carbocycles. The van der Waals surface area contributed by atoms with Crippen molar-refractivity contribution in [3.8, 4) is 0 Å². The molecule has 3 amide bonds. The van der Waals surface area contributed by atoms with Crippen molar-refractivity contribution in [1.82, 2.24) is 20.9 Å². The third kappa shape index (κ3) is 3.65. The van der Waals surface area contributed by atoms with Crippen LogP contribution in [0.3, 0.4) is 0 Å². The van der Waals surface area contributed by atoms with Crippen LogP contribution in [0.2, 0.25) is 0 Å². The molecule has 0 bridgehead atoms. The third-order valence-electron chi connectivity index (χ3n) is 7.30. The lowest BCUT2D eigenvalue weighted by Crippen LogP contribution is -2.55. The zero-order chi connectivity index (χ0) is 19.0. The van der Waals surface area contributed by atoms with Crippen LogP contribution in [-0.2, 0) is 4.79 Å². The molecule has 0 aromatic rings. The van der Waals surface area contributed by atoms with E-state index in [9.17, 15) is 9.59 Å². The number of carbonyl (C=O) groups is 2. The number of nitrogens with one attached hydrogen (secondary N) is 3. The fourth-order valence-corrected chi connectivity index (χ4v) is 5.44. The summed E-state index contributed by atoms with van der Waals surface area (Å²) in [5, 5.41) is 8.90. The molecule has 3 atom stereocenters. The summed E-state index contributed by atoms with van der Waals surface area (Å²) in [6.45, 7) is 3.58. The maximum atomic E-state index is 12.2. The predicted molar refractivity (Wildman–Crippen MR) is 104 cm³/mol. The van der Waals surface area contributed by atoms with Crippen LogP contribution < -0.4 is 16.0 Å². The average Bonchev–Trinajstić information content (AvgIpc) is 3.40. The molecule has 0 aromatic heterocycles. The molecule has 0 radical (unpaired) electrons. The number of nitrogens with zero attached hydrogens (tertiary/aromatic N) is 2. The lowest BCUT2D eigenvalue weighted by molar-refractivity contribution is -0.125. The van der Waals surface area contributed by atoms with Gasteiger partial charge in [-0.15, -0.1) is 0 Å². The number of piperidine rings is 1. The second-order valence-electron chi connectivity index (χ2n) is 8.97.